The summed E-state index contributed by atoms with van der Waals surface area (Å²) in [5.41, 5.74) is 4.19. The number of aromatic hydroxyl groups is 1. The summed E-state index contributed by atoms with van der Waals surface area (Å²) in [5.74, 6) is -4.83. The van der Waals surface area contributed by atoms with E-state index in [0.717, 1.165) is 15.1 Å². The zero-order chi connectivity index (χ0) is 35.8. The minimum atomic E-state index is -1.52. The Balaban J connectivity index is 1.32. The van der Waals surface area contributed by atoms with Crippen LogP contribution in [0, 0.1) is 23.7 Å². The molecule has 51 heavy (non-hydrogen) atoms. The Morgan fingerprint density at radius 1 is 0.882 bits per heavy atom. The predicted octanol–water partition coefficient (Wildman–Crippen LogP) is 7.66. The summed E-state index contributed by atoms with van der Waals surface area (Å²) in [6.07, 6.45) is 2.37. The van der Waals surface area contributed by atoms with E-state index in [1.54, 1.807) is 86.0 Å². The van der Waals surface area contributed by atoms with Gasteiger partial charge in [-0.15, -0.1) is 0 Å². The molecule has 2 N–H and O–H groups in total. The highest BCUT2D eigenvalue weighted by atomic mass is 79.9. The number of amides is 4. The number of fused-ring (bicyclic) bond motifs is 4. The molecule has 0 unspecified atom stereocenters. The minimum Gasteiger partial charge on any atom is -0.508 e. The van der Waals surface area contributed by atoms with Crippen LogP contribution >= 0.6 is 39.1 Å². The van der Waals surface area contributed by atoms with Crippen molar-refractivity contribution in [3.05, 3.63) is 128 Å². The van der Waals surface area contributed by atoms with Gasteiger partial charge >= 0.3 is 0 Å². The lowest BCUT2D eigenvalue weighted by Crippen LogP contribution is -2.53. The molecular weight excluding hydrogens is 757 g/mol. The number of halogens is 3. The van der Waals surface area contributed by atoms with Crippen LogP contribution < -0.4 is 15.1 Å². The molecule has 0 spiro atoms. The highest BCUT2D eigenvalue weighted by molar-refractivity contribution is 9.10. The van der Waals surface area contributed by atoms with E-state index < -0.39 is 46.8 Å². The van der Waals surface area contributed by atoms with Gasteiger partial charge in [-0.2, -0.15) is 5.01 Å². The molecule has 6 atom stereocenters. The number of benzene rings is 4. The van der Waals surface area contributed by atoms with E-state index in [4.69, 9.17) is 27.9 Å². The monoisotopic (exact) mass is 785 g/mol. The number of rotatable bonds is 6. The van der Waals surface area contributed by atoms with Crippen LogP contribution in [0.5, 0.6) is 11.5 Å². The lowest BCUT2D eigenvalue weighted by atomic mass is 9.49. The SMILES string of the molecule is COc1ccc([C@@]23C(=O)N(Nc4ccc(Cl)cc4Cl)C(=O)[C@@H]2C[C@@H]2C(=CC[C@@H]4C(=O)N(c5ccc(Br)cc5)C(=O)[C@@H]42)[C@@H]3c2cccc(O)c2)cc1. The van der Waals surface area contributed by atoms with Crippen LogP contribution in [0.3, 0.4) is 0 Å². The number of ether oxygens (including phenoxy) is 1. The Morgan fingerprint density at radius 2 is 1.63 bits per heavy atom. The third-order valence-corrected chi connectivity index (χ3v) is 11.9. The van der Waals surface area contributed by atoms with E-state index in [1.807, 2.05) is 12.1 Å². The van der Waals surface area contributed by atoms with Crippen molar-refractivity contribution in [1.82, 2.24) is 5.01 Å². The van der Waals surface area contributed by atoms with Crippen molar-refractivity contribution in [2.75, 3.05) is 17.4 Å². The van der Waals surface area contributed by atoms with Gasteiger partial charge in [0.15, 0.2) is 0 Å². The van der Waals surface area contributed by atoms with E-state index in [0.29, 0.717) is 33.3 Å². The molecule has 4 amide bonds. The maximum absolute atomic E-state index is 15.3. The molecule has 3 fully saturated rings. The number of nitrogens with one attached hydrogen (secondary N) is 1. The quantitative estimate of drug-likeness (QED) is 0.152. The van der Waals surface area contributed by atoms with Gasteiger partial charge in [-0.1, -0.05) is 75.0 Å². The Morgan fingerprint density at radius 3 is 2.31 bits per heavy atom. The van der Waals surface area contributed by atoms with Crippen molar-refractivity contribution in [2.24, 2.45) is 23.7 Å². The maximum atomic E-state index is 15.3. The highest BCUT2D eigenvalue weighted by Gasteiger charge is 2.70. The van der Waals surface area contributed by atoms with Gasteiger partial charge in [0.2, 0.25) is 11.8 Å². The van der Waals surface area contributed by atoms with Crippen molar-refractivity contribution in [1.29, 1.82) is 0 Å². The van der Waals surface area contributed by atoms with Gasteiger partial charge in [-0.3, -0.25) is 29.5 Å². The van der Waals surface area contributed by atoms with Gasteiger partial charge in [0.25, 0.3) is 11.8 Å². The lowest BCUT2D eigenvalue weighted by molar-refractivity contribution is -0.138. The van der Waals surface area contributed by atoms with Gasteiger partial charge < -0.3 is 9.84 Å². The van der Waals surface area contributed by atoms with Crippen molar-refractivity contribution in [3.63, 3.8) is 0 Å². The fourth-order valence-electron chi connectivity index (χ4n) is 8.77. The molecule has 0 radical (unpaired) electrons. The summed E-state index contributed by atoms with van der Waals surface area (Å²) < 4.78 is 6.26. The van der Waals surface area contributed by atoms with Crippen LogP contribution in [-0.2, 0) is 24.6 Å². The van der Waals surface area contributed by atoms with Gasteiger partial charge in [0.1, 0.15) is 11.5 Å². The number of phenolic OH excluding ortho intramolecular Hbond substituents is 1. The van der Waals surface area contributed by atoms with E-state index in [2.05, 4.69) is 21.4 Å². The lowest BCUT2D eigenvalue weighted by Gasteiger charge is -2.50. The van der Waals surface area contributed by atoms with Crippen molar-refractivity contribution in [2.45, 2.75) is 24.2 Å². The Kier molecular flexibility index (Phi) is 8.24. The topological polar surface area (TPSA) is 116 Å². The molecule has 8 rings (SSSR count). The number of hydrazine groups is 1. The molecule has 4 aliphatic rings. The Labute approximate surface area is 311 Å². The third kappa shape index (κ3) is 5.10. The molecule has 2 aliphatic carbocycles. The second-order valence-corrected chi connectivity index (χ2v) is 15.1. The number of allylic oxidation sites excluding steroid dienone is 2. The maximum Gasteiger partial charge on any atom is 0.260 e. The molecular formula is C39H30BrCl2N3O6. The van der Waals surface area contributed by atoms with Gasteiger partial charge in [-0.25, -0.2) is 0 Å². The number of carbonyl (C=O) groups is 4. The van der Waals surface area contributed by atoms with Crippen LogP contribution in [0.1, 0.15) is 29.9 Å². The Hall–Kier alpha value is -4.64. The second-order valence-electron chi connectivity index (χ2n) is 13.3. The number of nitrogens with zero attached hydrogens (tertiary/aromatic N) is 2. The van der Waals surface area contributed by atoms with Crippen molar-refractivity contribution >= 4 is 74.1 Å². The average Bonchev–Trinajstić information content (AvgIpc) is 3.50. The van der Waals surface area contributed by atoms with Crippen LogP contribution in [-0.4, -0.2) is 40.9 Å². The zero-order valence-electron chi connectivity index (χ0n) is 27.1. The molecule has 258 valence electrons. The number of imide groups is 2. The minimum absolute atomic E-state index is 0.0152. The number of hydrogen-bond donors (Lipinski definition) is 2. The van der Waals surface area contributed by atoms with E-state index in [1.165, 1.54) is 11.0 Å². The van der Waals surface area contributed by atoms with Crippen molar-refractivity contribution < 1.29 is 29.0 Å². The van der Waals surface area contributed by atoms with Crippen LogP contribution in [0.4, 0.5) is 11.4 Å². The molecule has 2 heterocycles. The normalized spacial score (nSPS) is 26.8. The molecule has 12 heteroatoms. The molecule has 4 aromatic rings. The summed E-state index contributed by atoms with van der Waals surface area (Å²) in [7, 11) is 1.54. The first-order chi connectivity index (χ1) is 24.5. The van der Waals surface area contributed by atoms with E-state index in [-0.39, 0.29) is 35.4 Å². The highest BCUT2D eigenvalue weighted by Crippen LogP contribution is 2.64. The fraction of sp³-hybridized carbons (Fsp3) is 0.231. The van der Waals surface area contributed by atoms with Crippen LogP contribution in [0.2, 0.25) is 10.0 Å². The first-order valence-corrected chi connectivity index (χ1v) is 18.0. The molecule has 0 bridgehead atoms. The van der Waals surface area contributed by atoms with Gasteiger partial charge in [0, 0.05) is 15.4 Å². The van der Waals surface area contributed by atoms with Gasteiger partial charge in [0.05, 0.1) is 46.7 Å². The van der Waals surface area contributed by atoms with Crippen LogP contribution in [0.25, 0.3) is 0 Å². The van der Waals surface area contributed by atoms with Gasteiger partial charge in [-0.05, 0) is 96.6 Å². The first-order valence-electron chi connectivity index (χ1n) is 16.4. The largest absolute Gasteiger partial charge is 0.508 e. The number of anilines is 2. The first kappa shape index (κ1) is 33.5. The van der Waals surface area contributed by atoms with E-state index >= 15 is 4.79 Å². The summed E-state index contributed by atoms with van der Waals surface area (Å²) in [6, 6.07) is 25.4. The molecule has 9 nitrogen and oxygen atoms in total. The number of methoxy groups -OCH3 is 1. The summed E-state index contributed by atoms with van der Waals surface area (Å²) >= 11 is 16.1. The van der Waals surface area contributed by atoms with Crippen molar-refractivity contribution in [3.8, 4) is 11.5 Å². The summed E-state index contributed by atoms with van der Waals surface area (Å²) in [4.78, 5) is 59.8. The number of phenols is 1. The Bertz CT molecular complexity index is 2160. The summed E-state index contributed by atoms with van der Waals surface area (Å²) in [5, 5.41) is 12.4. The molecule has 1 saturated carbocycles. The van der Waals surface area contributed by atoms with Crippen LogP contribution in [0.15, 0.2) is 107 Å². The van der Waals surface area contributed by atoms with E-state index in [9.17, 15) is 19.5 Å². The number of hydrogen-bond acceptors (Lipinski definition) is 7. The number of carbonyl (C=O) groups excluding carboxylic acids is 4. The third-order valence-electron chi connectivity index (χ3n) is 10.9. The average molecular weight is 787 g/mol. The molecule has 2 aliphatic heterocycles. The summed E-state index contributed by atoms with van der Waals surface area (Å²) in [6.45, 7) is 0. The second kappa shape index (κ2) is 12.5. The standard InChI is InChI=1S/C39H30BrCl2N3O6/c1-51-26-12-5-21(6-13-26)39-30(36(48)45(38(39)50)43-32-16-9-23(41)18-31(32)42)19-29-27(34(39)20-3-2-4-25(46)17-20)14-15-28-33(29)37(49)44(35(28)47)24-10-7-22(40)8-11-24/h2-14,16-18,28-30,33-34,43,46H,15,19H2,1H3/t28-,29+,30-,33-,34-,39+/m0/s1. The fourth-order valence-corrected chi connectivity index (χ4v) is 9.48. The molecule has 0 aromatic heterocycles. The smallest absolute Gasteiger partial charge is 0.260 e. The predicted molar refractivity (Wildman–Crippen MR) is 195 cm³/mol. The molecule has 2 saturated heterocycles. The zero-order valence-corrected chi connectivity index (χ0v) is 30.2. The molecule has 4 aromatic carbocycles.